The molecule has 0 aliphatic rings. The van der Waals surface area contributed by atoms with Gasteiger partial charge in [-0.3, -0.25) is 24.0 Å². The summed E-state index contributed by atoms with van der Waals surface area (Å²) in [6.45, 7) is 1.77. The fourth-order valence-electron chi connectivity index (χ4n) is 3.75. The summed E-state index contributed by atoms with van der Waals surface area (Å²) in [6.07, 6.45) is 0. The summed E-state index contributed by atoms with van der Waals surface area (Å²) in [5, 5.41) is 0. The van der Waals surface area contributed by atoms with Crippen molar-refractivity contribution < 1.29 is 9.18 Å². The lowest BCUT2D eigenvalue weighted by Crippen LogP contribution is -2.41. The number of nitrogens with one attached hydrogen (secondary N) is 1. The summed E-state index contributed by atoms with van der Waals surface area (Å²) in [7, 11) is 0. The molecule has 0 spiro atoms. The summed E-state index contributed by atoms with van der Waals surface area (Å²) in [6, 6.07) is 22.0. The molecule has 0 saturated heterocycles. The molecule has 3 N–H and O–H groups in total. The molecule has 3 aromatic carbocycles. The number of H-pyrrole nitrogens is 1. The molecule has 172 valence electrons. The molecular weight excluding hydrogens is 435 g/mol. The second-order valence-electron chi connectivity index (χ2n) is 7.90. The van der Waals surface area contributed by atoms with Crippen LogP contribution in [0.1, 0.15) is 27.0 Å². The molecule has 4 aromatic rings. The third-order valence-corrected chi connectivity index (χ3v) is 5.53. The number of hydrogen-bond acceptors (Lipinski definition) is 4. The number of nitrogens with two attached hydrogens (primary N) is 1. The van der Waals surface area contributed by atoms with E-state index in [2.05, 4.69) is 4.98 Å². The molecule has 0 unspecified atom stereocenters. The van der Waals surface area contributed by atoms with Crippen LogP contribution in [-0.4, -0.2) is 15.5 Å². The number of aromatic nitrogens is 2. The molecule has 8 heteroatoms. The van der Waals surface area contributed by atoms with E-state index in [0.29, 0.717) is 5.56 Å². The Balaban J connectivity index is 1.88. The van der Waals surface area contributed by atoms with Crippen molar-refractivity contribution in [3.8, 4) is 0 Å². The Bertz CT molecular complexity index is 1450. The molecule has 34 heavy (non-hydrogen) atoms. The first-order valence-corrected chi connectivity index (χ1v) is 10.6. The lowest BCUT2D eigenvalue weighted by atomic mass is 10.1. The summed E-state index contributed by atoms with van der Waals surface area (Å²) in [5.74, 6) is -1.34. The van der Waals surface area contributed by atoms with E-state index >= 15 is 0 Å². The van der Waals surface area contributed by atoms with Crippen LogP contribution in [0.15, 0.2) is 88.5 Å². The Morgan fingerprint density at radius 2 is 1.59 bits per heavy atom. The highest BCUT2D eigenvalue weighted by Gasteiger charge is 2.27. The van der Waals surface area contributed by atoms with Gasteiger partial charge >= 0.3 is 5.69 Å². The molecule has 7 nitrogen and oxygen atoms in total. The molecule has 4 rings (SSSR count). The number of nitrogen functional groups attached to an aromatic ring is 1. The first kappa shape index (κ1) is 22.7. The first-order valence-electron chi connectivity index (χ1n) is 10.6. The van der Waals surface area contributed by atoms with Gasteiger partial charge in [0.15, 0.2) is 5.69 Å². The van der Waals surface area contributed by atoms with Crippen LogP contribution in [0.25, 0.3) is 0 Å². The van der Waals surface area contributed by atoms with Crippen LogP contribution < -0.4 is 21.9 Å². The van der Waals surface area contributed by atoms with Gasteiger partial charge in [0.1, 0.15) is 11.6 Å². The quantitative estimate of drug-likeness (QED) is 0.462. The van der Waals surface area contributed by atoms with Gasteiger partial charge in [0.2, 0.25) is 0 Å². The van der Waals surface area contributed by atoms with Crippen molar-refractivity contribution in [2.75, 3.05) is 10.6 Å². The third kappa shape index (κ3) is 4.66. The maximum atomic E-state index is 14.0. The van der Waals surface area contributed by atoms with Gasteiger partial charge in [-0.2, -0.15) is 0 Å². The van der Waals surface area contributed by atoms with Gasteiger partial charge in [0, 0.05) is 5.56 Å². The van der Waals surface area contributed by atoms with Crippen molar-refractivity contribution in [2.45, 2.75) is 20.0 Å². The van der Waals surface area contributed by atoms with Gasteiger partial charge in [0.05, 0.1) is 13.1 Å². The largest absolute Gasteiger partial charge is 0.383 e. The van der Waals surface area contributed by atoms with Gasteiger partial charge < -0.3 is 5.73 Å². The van der Waals surface area contributed by atoms with Gasteiger partial charge in [-0.05, 0) is 35.7 Å². The fourth-order valence-corrected chi connectivity index (χ4v) is 3.75. The van der Waals surface area contributed by atoms with Crippen LogP contribution in [0.3, 0.4) is 0 Å². The highest BCUT2D eigenvalue weighted by Crippen LogP contribution is 2.24. The van der Waals surface area contributed by atoms with Crippen LogP contribution in [0.4, 0.5) is 15.9 Å². The number of rotatable bonds is 6. The average Bonchev–Trinajstić information content (AvgIpc) is 2.83. The van der Waals surface area contributed by atoms with Gasteiger partial charge in [0.25, 0.3) is 11.5 Å². The molecule has 1 aromatic heterocycles. The van der Waals surface area contributed by atoms with E-state index in [4.69, 9.17) is 5.73 Å². The van der Waals surface area contributed by atoms with Crippen LogP contribution in [-0.2, 0) is 13.1 Å². The van der Waals surface area contributed by atoms with E-state index in [-0.39, 0.29) is 30.2 Å². The van der Waals surface area contributed by atoms with Crippen LogP contribution >= 0.6 is 0 Å². The van der Waals surface area contributed by atoms with Crippen LogP contribution in [0.2, 0.25) is 0 Å². The minimum absolute atomic E-state index is 0.00749. The maximum Gasteiger partial charge on any atom is 0.330 e. The standard InChI is InChI=1S/C26H23FN4O3/c1-17-12-13-20(27)14-21(17)25(33)30(15-18-8-4-2-5-9-18)22-23(28)31(26(34)29-24(22)32)16-19-10-6-3-7-11-19/h2-14H,15-16,28H2,1H3,(H,29,32,34). The predicted molar refractivity (Wildman–Crippen MR) is 129 cm³/mol. The zero-order valence-corrected chi connectivity index (χ0v) is 18.5. The highest BCUT2D eigenvalue weighted by molar-refractivity contribution is 6.08. The molecule has 1 heterocycles. The number of carbonyl (C=O) groups excluding carboxylic acids is 1. The summed E-state index contributed by atoms with van der Waals surface area (Å²) in [4.78, 5) is 42.7. The van der Waals surface area contributed by atoms with Crippen molar-refractivity contribution in [1.82, 2.24) is 9.55 Å². The number of aromatic amines is 1. The molecule has 0 bridgehead atoms. The number of carbonyl (C=O) groups is 1. The van der Waals surface area contributed by atoms with E-state index in [0.717, 1.165) is 17.2 Å². The Hall–Kier alpha value is -4.46. The number of halogens is 1. The Kier molecular flexibility index (Phi) is 6.40. The number of nitrogens with zero attached hydrogens (tertiary/aromatic N) is 2. The van der Waals surface area contributed by atoms with Crippen molar-refractivity contribution in [1.29, 1.82) is 0 Å². The van der Waals surface area contributed by atoms with Crippen LogP contribution in [0, 0.1) is 12.7 Å². The maximum absolute atomic E-state index is 14.0. The van der Waals surface area contributed by atoms with Gasteiger partial charge in [-0.15, -0.1) is 0 Å². The van der Waals surface area contributed by atoms with Crippen molar-refractivity contribution in [3.05, 3.63) is 128 Å². The lowest BCUT2D eigenvalue weighted by Gasteiger charge is -2.25. The van der Waals surface area contributed by atoms with Crippen LogP contribution in [0.5, 0.6) is 0 Å². The molecule has 0 aliphatic heterocycles. The number of anilines is 2. The van der Waals surface area contributed by atoms with E-state index in [9.17, 15) is 18.8 Å². The van der Waals surface area contributed by atoms with Gasteiger partial charge in [-0.25, -0.2) is 9.18 Å². The molecule has 0 aliphatic carbocycles. The summed E-state index contributed by atoms with van der Waals surface area (Å²) >= 11 is 0. The molecule has 1 amide bonds. The zero-order chi connectivity index (χ0) is 24.2. The average molecular weight is 458 g/mol. The Morgan fingerprint density at radius 3 is 2.24 bits per heavy atom. The number of aryl methyl sites for hydroxylation is 1. The Labute approximate surface area is 194 Å². The second-order valence-corrected chi connectivity index (χ2v) is 7.90. The minimum atomic E-state index is -0.801. The van der Waals surface area contributed by atoms with Crippen molar-refractivity contribution in [2.24, 2.45) is 0 Å². The highest BCUT2D eigenvalue weighted by atomic mass is 19.1. The summed E-state index contributed by atoms with van der Waals surface area (Å²) in [5.41, 5.74) is 6.83. The smallest absolute Gasteiger partial charge is 0.330 e. The van der Waals surface area contributed by atoms with E-state index < -0.39 is 23.0 Å². The number of hydrogen-bond donors (Lipinski definition) is 2. The minimum Gasteiger partial charge on any atom is -0.383 e. The molecule has 0 atom stereocenters. The first-order chi connectivity index (χ1) is 16.3. The van der Waals surface area contributed by atoms with Crippen molar-refractivity contribution in [3.63, 3.8) is 0 Å². The van der Waals surface area contributed by atoms with E-state index in [1.165, 1.54) is 21.6 Å². The SMILES string of the molecule is Cc1ccc(F)cc1C(=O)N(Cc1ccccc1)c1c(N)n(Cc2ccccc2)c(=O)[nH]c1=O. The lowest BCUT2D eigenvalue weighted by molar-refractivity contribution is 0.0983. The second kappa shape index (κ2) is 9.58. The molecular formula is C26H23FN4O3. The summed E-state index contributed by atoms with van der Waals surface area (Å²) < 4.78 is 15.2. The third-order valence-electron chi connectivity index (χ3n) is 5.53. The number of amides is 1. The number of benzene rings is 3. The molecule has 0 radical (unpaired) electrons. The predicted octanol–water partition coefficient (Wildman–Crippen LogP) is 3.46. The molecule has 0 fully saturated rings. The topological polar surface area (TPSA) is 101 Å². The van der Waals surface area contributed by atoms with E-state index in [1.54, 1.807) is 31.2 Å². The van der Waals surface area contributed by atoms with Crippen molar-refractivity contribution >= 4 is 17.4 Å². The monoisotopic (exact) mass is 458 g/mol. The van der Waals surface area contributed by atoms with E-state index in [1.807, 2.05) is 36.4 Å². The fraction of sp³-hybridized carbons (Fsp3) is 0.115. The Morgan fingerprint density at radius 1 is 0.971 bits per heavy atom. The zero-order valence-electron chi connectivity index (χ0n) is 18.5. The van der Waals surface area contributed by atoms with Gasteiger partial charge in [-0.1, -0.05) is 66.7 Å². The molecule has 0 saturated carbocycles. The normalized spacial score (nSPS) is 10.8.